The van der Waals surface area contributed by atoms with Crippen LogP contribution in [0, 0.1) is 5.92 Å². The van der Waals surface area contributed by atoms with E-state index in [1.54, 1.807) is 0 Å². The number of halogens is 2. The van der Waals surface area contributed by atoms with Gasteiger partial charge in [0.15, 0.2) is 0 Å². The molecule has 0 aromatic carbocycles. The third-order valence-electron chi connectivity index (χ3n) is 2.02. The predicted octanol–water partition coefficient (Wildman–Crippen LogP) is 2.20. The van der Waals surface area contributed by atoms with E-state index in [1.165, 1.54) is 0 Å². The monoisotopic (exact) mass is 180 g/mol. The van der Waals surface area contributed by atoms with Gasteiger partial charge < -0.3 is 4.79 Å². The van der Waals surface area contributed by atoms with Gasteiger partial charge in [0, 0.05) is 5.38 Å². The Hall–Kier alpha value is 0.250. The van der Waals surface area contributed by atoms with Crippen molar-refractivity contribution in [2.45, 2.75) is 30.0 Å². The zero-order chi connectivity index (χ0) is 7.56. The molecular weight excluding hydrogens is 171 g/mol. The number of carbonyl (C=O) groups excluding carboxylic acids is 1. The lowest BCUT2D eigenvalue weighted by Gasteiger charge is -2.13. The van der Waals surface area contributed by atoms with E-state index in [1.807, 2.05) is 0 Å². The Kier molecular flexibility index (Phi) is 2.99. The molecule has 1 nitrogen and oxygen atoms in total. The van der Waals surface area contributed by atoms with Gasteiger partial charge in [0.2, 0.25) is 0 Å². The minimum atomic E-state index is -0.370. The van der Waals surface area contributed by atoms with E-state index >= 15 is 0 Å². The van der Waals surface area contributed by atoms with Crippen LogP contribution >= 0.6 is 23.2 Å². The number of carbonyl (C=O) groups is 1. The Bertz CT molecular complexity index is 127. The molecule has 0 aromatic rings. The van der Waals surface area contributed by atoms with Crippen molar-refractivity contribution < 1.29 is 4.79 Å². The van der Waals surface area contributed by atoms with Gasteiger partial charge in [0.25, 0.3) is 0 Å². The minimum absolute atomic E-state index is 0.118. The maximum absolute atomic E-state index is 10.2. The first-order valence-electron chi connectivity index (χ1n) is 3.49. The highest BCUT2D eigenvalue weighted by atomic mass is 35.5. The molecule has 0 unspecified atom stereocenters. The van der Waals surface area contributed by atoms with Crippen molar-refractivity contribution in [3.05, 3.63) is 0 Å². The van der Waals surface area contributed by atoms with Crippen molar-refractivity contribution in [3.63, 3.8) is 0 Å². The van der Waals surface area contributed by atoms with Crippen LogP contribution in [0.5, 0.6) is 0 Å². The Labute approximate surface area is 70.7 Å². The van der Waals surface area contributed by atoms with Gasteiger partial charge in [0.1, 0.15) is 6.29 Å². The zero-order valence-electron chi connectivity index (χ0n) is 5.59. The van der Waals surface area contributed by atoms with Gasteiger partial charge in [-0.05, 0) is 18.8 Å². The van der Waals surface area contributed by atoms with Crippen molar-refractivity contribution >= 4 is 29.5 Å². The van der Waals surface area contributed by atoms with Crippen LogP contribution in [-0.4, -0.2) is 17.0 Å². The minimum Gasteiger partial charge on any atom is -0.302 e. The summed E-state index contributed by atoms with van der Waals surface area (Å²) in [6.07, 6.45) is 3.90. The largest absolute Gasteiger partial charge is 0.302 e. The SMILES string of the molecule is O=C[C@@H](Cl)[C@H]1CCC[C@@H]1Cl. The lowest BCUT2D eigenvalue weighted by atomic mass is 10.0. The normalized spacial score (nSPS) is 35.8. The molecule has 1 aliphatic carbocycles. The highest BCUT2D eigenvalue weighted by molar-refractivity contribution is 6.29. The molecule has 1 rings (SSSR count). The van der Waals surface area contributed by atoms with Crippen LogP contribution < -0.4 is 0 Å². The summed E-state index contributed by atoms with van der Waals surface area (Å²) in [7, 11) is 0. The van der Waals surface area contributed by atoms with Crippen LogP contribution in [0.2, 0.25) is 0 Å². The molecule has 0 spiro atoms. The third-order valence-corrected chi connectivity index (χ3v) is 2.99. The molecule has 0 N–H and O–H groups in total. The van der Waals surface area contributed by atoms with Gasteiger partial charge in [0.05, 0.1) is 5.38 Å². The van der Waals surface area contributed by atoms with Crippen molar-refractivity contribution in [2.24, 2.45) is 5.92 Å². The first-order valence-corrected chi connectivity index (χ1v) is 4.36. The van der Waals surface area contributed by atoms with E-state index in [0.717, 1.165) is 25.5 Å². The van der Waals surface area contributed by atoms with E-state index < -0.39 is 0 Å². The average Bonchev–Trinajstić information content (AvgIpc) is 2.34. The smallest absolute Gasteiger partial charge is 0.138 e. The third kappa shape index (κ3) is 1.64. The summed E-state index contributed by atoms with van der Waals surface area (Å²) in [5, 5.41) is -0.252. The Morgan fingerprint density at radius 2 is 2.20 bits per heavy atom. The summed E-state index contributed by atoms with van der Waals surface area (Å²) in [6.45, 7) is 0. The molecule has 1 fully saturated rings. The van der Waals surface area contributed by atoms with Crippen LogP contribution in [-0.2, 0) is 4.79 Å². The molecule has 10 heavy (non-hydrogen) atoms. The molecule has 0 amide bonds. The molecule has 0 aliphatic heterocycles. The summed E-state index contributed by atoms with van der Waals surface area (Å²) in [4.78, 5) is 10.2. The summed E-state index contributed by atoms with van der Waals surface area (Å²) in [5.74, 6) is 0.209. The zero-order valence-corrected chi connectivity index (χ0v) is 7.11. The van der Waals surface area contributed by atoms with Gasteiger partial charge in [-0.25, -0.2) is 0 Å². The van der Waals surface area contributed by atoms with Crippen LogP contribution in [0.1, 0.15) is 19.3 Å². The van der Waals surface area contributed by atoms with Gasteiger partial charge in [-0.3, -0.25) is 0 Å². The number of alkyl halides is 2. The van der Waals surface area contributed by atoms with Crippen LogP contribution in [0.4, 0.5) is 0 Å². The molecule has 0 heterocycles. The molecule has 0 saturated heterocycles. The van der Waals surface area contributed by atoms with Crippen LogP contribution in [0.3, 0.4) is 0 Å². The van der Waals surface area contributed by atoms with Crippen LogP contribution in [0.25, 0.3) is 0 Å². The van der Waals surface area contributed by atoms with E-state index in [9.17, 15) is 4.79 Å². The van der Waals surface area contributed by atoms with Crippen LogP contribution in [0.15, 0.2) is 0 Å². The molecule has 0 aromatic heterocycles. The Morgan fingerprint density at radius 3 is 2.60 bits per heavy atom. The predicted molar refractivity (Wildman–Crippen MR) is 42.7 cm³/mol. The van der Waals surface area contributed by atoms with E-state index in [-0.39, 0.29) is 16.7 Å². The van der Waals surface area contributed by atoms with E-state index in [4.69, 9.17) is 23.2 Å². The number of rotatable bonds is 2. The number of hydrogen-bond donors (Lipinski definition) is 0. The Morgan fingerprint density at radius 1 is 1.50 bits per heavy atom. The maximum Gasteiger partial charge on any atom is 0.138 e. The standard InChI is InChI=1S/C7H10Cl2O/c8-6-3-1-2-5(6)7(9)4-10/h4-7H,1-3H2/t5-,6-,7+/m0/s1. The first-order chi connectivity index (χ1) is 4.75. The van der Waals surface area contributed by atoms with Gasteiger partial charge in [-0.1, -0.05) is 6.42 Å². The molecule has 3 atom stereocenters. The van der Waals surface area contributed by atoms with Crippen molar-refractivity contribution in [1.82, 2.24) is 0 Å². The molecule has 0 radical (unpaired) electrons. The van der Waals surface area contributed by atoms with Crippen molar-refractivity contribution in [3.8, 4) is 0 Å². The van der Waals surface area contributed by atoms with Gasteiger partial charge in [-0.15, -0.1) is 23.2 Å². The number of hydrogen-bond acceptors (Lipinski definition) is 1. The summed E-state index contributed by atoms with van der Waals surface area (Å²) in [6, 6.07) is 0. The van der Waals surface area contributed by atoms with Gasteiger partial charge >= 0.3 is 0 Å². The second kappa shape index (κ2) is 3.59. The second-order valence-electron chi connectivity index (χ2n) is 2.69. The molecule has 58 valence electrons. The fourth-order valence-corrected chi connectivity index (χ4v) is 2.22. The summed E-state index contributed by atoms with van der Waals surface area (Å²) < 4.78 is 0. The lowest BCUT2D eigenvalue weighted by molar-refractivity contribution is -0.108. The van der Waals surface area contributed by atoms with Crippen molar-refractivity contribution in [1.29, 1.82) is 0 Å². The molecule has 0 bridgehead atoms. The highest BCUT2D eigenvalue weighted by Crippen LogP contribution is 2.33. The average molecular weight is 181 g/mol. The topological polar surface area (TPSA) is 17.1 Å². The summed E-state index contributed by atoms with van der Waals surface area (Å²) >= 11 is 11.6. The molecule has 1 aliphatic rings. The maximum atomic E-state index is 10.2. The molecular formula is C7H10Cl2O. The second-order valence-corrected chi connectivity index (χ2v) is 3.76. The fraction of sp³-hybridized carbons (Fsp3) is 0.857. The van der Waals surface area contributed by atoms with E-state index in [0.29, 0.717) is 0 Å². The van der Waals surface area contributed by atoms with Gasteiger partial charge in [-0.2, -0.15) is 0 Å². The fourth-order valence-electron chi connectivity index (χ4n) is 1.40. The number of aldehydes is 1. The highest BCUT2D eigenvalue weighted by Gasteiger charge is 2.30. The Balaban J connectivity index is 2.46. The first kappa shape index (κ1) is 8.35. The van der Waals surface area contributed by atoms with E-state index in [2.05, 4.69) is 0 Å². The quantitative estimate of drug-likeness (QED) is 0.471. The van der Waals surface area contributed by atoms with Crippen molar-refractivity contribution in [2.75, 3.05) is 0 Å². The molecule has 3 heteroatoms. The lowest BCUT2D eigenvalue weighted by Crippen LogP contribution is -2.20. The molecule has 1 saturated carbocycles. The summed E-state index contributed by atoms with van der Waals surface area (Å²) in [5.41, 5.74) is 0.